The minimum absolute atomic E-state index is 0.0181. The predicted molar refractivity (Wildman–Crippen MR) is 130 cm³/mol. The Hall–Kier alpha value is -2.68. The number of hydrogen-bond donors (Lipinski definition) is 1. The van der Waals surface area contributed by atoms with Gasteiger partial charge in [-0.15, -0.1) is 0 Å². The van der Waals surface area contributed by atoms with Crippen molar-refractivity contribution in [1.82, 2.24) is 14.6 Å². The molecule has 1 atom stereocenters. The van der Waals surface area contributed by atoms with Crippen LogP contribution in [0.15, 0.2) is 87.7 Å². The smallest absolute Gasteiger partial charge is 0.253 e. The highest BCUT2D eigenvalue weighted by atomic mass is 32.2. The SMILES string of the molecule is Cc1ccc(S(=O)(=O)NCC2CCCN(C(=O)c3ccc(Sc4ccccn4)cc3)C2)cc1. The number of likely N-dealkylation sites (tertiary alicyclic amines) is 1. The van der Waals surface area contributed by atoms with Crippen molar-refractivity contribution in [2.45, 2.75) is 34.6 Å². The summed E-state index contributed by atoms with van der Waals surface area (Å²) in [5, 5.41) is 0.906. The molecule has 0 saturated carbocycles. The fourth-order valence-corrected chi connectivity index (χ4v) is 5.71. The Kier molecular flexibility index (Phi) is 7.47. The monoisotopic (exact) mass is 481 g/mol. The highest BCUT2D eigenvalue weighted by molar-refractivity contribution is 7.99. The zero-order valence-corrected chi connectivity index (χ0v) is 20.1. The van der Waals surface area contributed by atoms with Gasteiger partial charge in [-0.05, 0) is 74.2 Å². The molecule has 1 aliphatic heterocycles. The summed E-state index contributed by atoms with van der Waals surface area (Å²) in [6.07, 6.45) is 3.50. The largest absolute Gasteiger partial charge is 0.338 e. The van der Waals surface area contributed by atoms with E-state index in [2.05, 4.69) is 9.71 Å². The van der Waals surface area contributed by atoms with Gasteiger partial charge in [0.2, 0.25) is 10.0 Å². The van der Waals surface area contributed by atoms with Crippen LogP contribution in [0.1, 0.15) is 28.8 Å². The minimum Gasteiger partial charge on any atom is -0.338 e. The molecule has 6 nitrogen and oxygen atoms in total. The highest BCUT2D eigenvalue weighted by Crippen LogP contribution is 2.26. The van der Waals surface area contributed by atoms with Crippen LogP contribution >= 0.6 is 11.8 Å². The molecule has 1 N–H and O–H groups in total. The van der Waals surface area contributed by atoms with Crippen molar-refractivity contribution in [3.05, 3.63) is 84.1 Å². The molecule has 0 bridgehead atoms. The Morgan fingerprint density at radius 2 is 1.85 bits per heavy atom. The third kappa shape index (κ3) is 6.22. The summed E-state index contributed by atoms with van der Waals surface area (Å²) in [6.45, 7) is 3.47. The number of carbonyl (C=O) groups is 1. The van der Waals surface area contributed by atoms with Crippen LogP contribution in [0, 0.1) is 12.8 Å². The van der Waals surface area contributed by atoms with Gasteiger partial charge < -0.3 is 4.90 Å². The second-order valence-electron chi connectivity index (χ2n) is 8.22. The van der Waals surface area contributed by atoms with E-state index in [1.54, 1.807) is 42.2 Å². The van der Waals surface area contributed by atoms with Crippen LogP contribution in [0.4, 0.5) is 0 Å². The van der Waals surface area contributed by atoms with Crippen LogP contribution in [-0.4, -0.2) is 43.8 Å². The first-order valence-corrected chi connectivity index (χ1v) is 13.3. The lowest BCUT2D eigenvalue weighted by atomic mass is 9.97. The van der Waals surface area contributed by atoms with Crippen LogP contribution in [0.5, 0.6) is 0 Å². The van der Waals surface area contributed by atoms with E-state index in [1.165, 1.54) is 0 Å². The molecule has 2 heterocycles. The lowest BCUT2D eigenvalue weighted by Crippen LogP contribution is -2.43. The maximum absolute atomic E-state index is 13.0. The number of benzene rings is 2. The molecule has 1 aromatic heterocycles. The maximum atomic E-state index is 13.0. The molecule has 33 heavy (non-hydrogen) atoms. The van der Waals surface area contributed by atoms with E-state index in [4.69, 9.17) is 0 Å². The second kappa shape index (κ2) is 10.5. The van der Waals surface area contributed by atoms with E-state index in [-0.39, 0.29) is 16.7 Å². The number of sulfonamides is 1. The second-order valence-corrected chi connectivity index (χ2v) is 11.1. The Morgan fingerprint density at radius 1 is 1.09 bits per heavy atom. The highest BCUT2D eigenvalue weighted by Gasteiger charge is 2.26. The number of nitrogens with zero attached hydrogens (tertiary/aromatic N) is 2. The third-order valence-electron chi connectivity index (χ3n) is 5.66. The van der Waals surface area contributed by atoms with Gasteiger partial charge in [-0.1, -0.05) is 35.5 Å². The number of aromatic nitrogens is 1. The first-order valence-electron chi connectivity index (χ1n) is 11.0. The molecular weight excluding hydrogens is 454 g/mol. The molecule has 2 aromatic carbocycles. The first kappa shape index (κ1) is 23.5. The Bertz CT molecular complexity index is 1180. The number of aryl methyl sites for hydroxylation is 1. The molecule has 172 valence electrons. The van der Waals surface area contributed by atoms with Gasteiger partial charge >= 0.3 is 0 Å². The normalized spacial score (nSPS) is 16.5. The van der Waals surface area contributed by atoms with Crippen LogP contribution in [0.3, 0.4) is 0 Å². The van der Waals surface area contributed by atoms with Crippen LogP contribution < -0.4 is 4.72 Å². The molecule has 8 heteroatoms. The Labute approximate surface area is 199 Å². The summed E-state index contributed by atoms with van der Waals surface area (Å²) in [5.41, 5.74) is 1.65. The van der Waals surface area contributed by atoms with E-state index >= 15 is 0 Å². The molecule has 0 aliphatic carbocycles. The van der Waals surface area contributed by atoms with Gasteiger partial charge in [-0.3, -0.25) is 4.79 Å². The number of carbonyl (C=O) groups excluding carboxylic acids is 1. The van der Waals surface area contributed by atoms with Crippen LogP contribution in [-0.2, 0) is 10.0 Å². The van der Waals surface area contributed by atoms with Crippen molar-refractivity contribution in [3.8, 4) is 0 Å². The molecule has 1 aliphatic rings. The first-order chi connectivity index (χ1) is 15.9. The third-order valence-corrected chi connectivity index (χ3v) is 8.06. The number of pyridine rings is 1. The summed E-state index contributed by atoms with van der Waals surface area (Å²) in [4.78, 5) is 20.5. The lowest BCUT2D eigenvalue weighted by Gasteiger charge is -2.33. The van der Waals surface area contributed by atoms with E-state index < -0.39 is 10.0 Å². The standard InChI is InChI=1S/C25H27N3O3S2/c1-19-7-13-23(14-8-19)33(30,31)27-17-20-5-4-16-28(18-20)25(29)21-9-11-22(12-10-21)32-24-6-2-3-15-26-24/h2-3,6-15,20,27H,4-5,16-18H2,1H3. The maximum Gasteiger partial charge on any atom is 0.253 e. The average Bonchev–Trinajstić information content (AvgIpc) is 2.84. The van der Waals surface area contributed by atoms with Gasteiger partial charge in [0.15, 0.2) is 0 Å². The fourth-order valence-electron chi connectivity index (χ4n) is 3.82. The molecule has 4 rings (SSSR count). The summed E-state index contributed by atoms with van der Waals surface area (Å²) in [5.74, 6) is 0.0670. The number of nitrogens with one attached hydrogen (secondary N) is 1. The topological polar surface area (TPSA) is 79.4 Å². The molecular formula is C25H27N3O3S2. The van der Waals surface area contributed by atoms with Gasteiger partial charge in [0, 0.05) is 36.3 Å². The number of piperidine rings is 1. The van der Waals surface area contributed by atoms with Crippen molar-refractivity contribution in [2.75, 3.05) is 19.6 Å². The molecule has 3 aromatic rings. The van der Waals surface area contributed by atoms with E-state index in [1.807, 2.05) is 54.3 Å². The van der Waals surface area contributed by atoms with Crippen molar-refractivity contribution in [2.24, 2.45) is 5.92 Å². The lowest BCUT2D eigenvalue weighted by molar-refractivity contribution is 0.0676. The van der Waals surface area contributed by atoms with Gasteiger partial charge in [0.05, 0.1) is 4.90 Å². The average molecular weight is 482 g/mol. The zero-order valence-electron chi connectivity index (χ0n) is 18.5. The number of rotatable bonds is 7. The summed E-state index contributed by atoms with van der Waals surface area (Å²) >= 11 is 1.55. The Morgan fingerprint density at radius 3 is 2.55 bits per heavy atom. The molecule has 1 fully saturated rings. The van der Waals surface area contributed by atoms with Crippen LogP contribution in [0.25, 0.3) is 0 Å². The summed E-state index contributed by atoms with van der Waals surface area (Å²) in [7, 11) is -3.56. The zero-order chi connectivity index (χ0) is 23.3. The number of hydrogen-bond acceptors (Lipinski definition) is 5. The summed E-state index contributed by atoms with van der Waals surface area (Å²) < 4.78 is 27.9. The van der Waals surface area contributed by atoms with Crippen LogP contribution in [0.2, 0.25) is 0 Å². The van der Waals surface area contributed by atoms with Crippen molar-refractivity contribution in [1.29, 1.82) is 0 Å². The summed E-state index contributed by atoms with van der Waals surface area (Å²) in [6, 6.07) is 20.1. The minimum atomic E-state index is -3.56. The van der Waals surface area contributed by atoms with Crippen molar-refractivity contribution >= 4 is 27.7 Å². The van der Waals surface area contributed by atoms with E-state index in [9.17, 15) is 13.2 Å². The van der Waals surface area contributed by atoms with E-state index in [0.717, 1.165) is 28.3 Å². The van der Waals surface area contributed by atoms with Gasteiger partial charge in [-0.25, -0.2) is 18.1 Å². The van der Waals surface area contributed by atoms with Crippen molar-refractivity contribution in [3.63, 3.8) is 0 Å². The quantitative estimate of drug-likeness (QED) is 0.542. The predicted octanol–water partition coefficient (Wildman–Crippen LogP) is 4.37. The van der Waals surface area contributed by atoms with Gasteiger partial charge in [-0.2, -0.15) is 0 Å². The van der Waals surface area contributed by atoms with Gasteiger partial charge in [0.25, 0.3) is 5.91 Å². The molecule has 1 amide bonds. The van der Waals surface area contributed by atoms with E-state index in [0.29, 0.717) is 25.2 Å². The molecule has 1 saturated heterocycles. The molecule has 1 unspecified atom stereocenters. The molecule has 0 spiro atoms. The Balaban J connectivity index is 1.34. The van der Waals surface area contributed by atoms with Gasteiger partial charge in [0.1, 0.15) is 5.03 Å². The molecule has 0 radical (unpaired) electrons. The van der Waals surface area contributed by atoms with Crippen molar-refractivity contribution < 1.29 is 13.2 Å². The number of amides is 1. The fraction of sp³-hybridized carbons (Fsp3) is 0.280.